The van der Waals surface area contributed by atoms with Crippen LogP contribution in [0.3, 0.4) is 0 Å². The minimum Gasteiger partial charge on any atom is -0.466 e. The van der Waals surface area contributed by atoms with Gasteiger partial charge in [0, 0.05) is 10.6 Å². The number of carbonyl (C=O) groups is 2. The van der Waals surface area contributed by atoms with E-state index in [9.17, 15) is 9.59 Å². The van der Waals surface area contributed by atoms with Crippen LogP contribution in [-0.4, -0.2) is 34.0 Å². The van der Waals surface area contributed by atoms with E-state index in [4.69, 9.17) is 4.74 Å². The molecule has 0 radical (unpaired) electrons. The third kappa shape index (κ3) is 6.09. The SMILES string of the molecule is CCOC(=O)Cc1csc(NC(=O)C(CC)SC2CCCCC2)n1. The highest BCUT2D eigenvalue weighted by molar-refractivity contribution is 8.01. The Morgan fingerprint density at radius 2 is 2.12 bits per heavy atom. The summed E-state index contributed by atoms with van der Waals surface area (Å²) in [6.07, 6.45) is 7.27. The van der Waals surface area contributed by atoms with Gasteiger partial charge in [0.25, 0.3) is 0 Å². The summed E-state index contributed by atoms with van der Waals surface area (Å²) in [6.45, 7) is 4.19. The summed E-state index contributed by atoms with van der Waals surface area (Å²) in [6, 6.07) is 0. The van der Waals surface area contributed by atoms with Gasteiger partial charge in [-0.25, -0.2) is 4.98 Å². The number of ether oxygens (including phenoxy) is 1. The Labute approximate surface area is 152 Å². The van der Waals surface area contributed by atoms with E-state index in [1.54, 1.807) is 12.3 Å². The molecule has 1 unspecified atom stereocenters. The minimum absolute atomic E-state index is 0.0186. The zero-order valence-corrected chi connectivity index (χ0v) is 16.0. The number of hydrogen-bond donors (Lipinski definition) is 1. The predicted molar refractivity (Wildman–Crippen MR) is 99.6 cm³/mol. The van der Waals surface area contributed by atoms with Crippen molar-refractivity contribution in [2.45, 2.75) is 69.3 Å². The molecule has 1 aromatic rings. The predicted octanol–water partition coefficient (Wildman–Crippen LogP) is 4.03. The molecule has 1 amide bonds. The van der Waals surface area contributed by atoms with Crippen molar-refractivity contribution in [1.82, 2.24) is 4.98 Å². The van der Waals surface area contributed by atoms with Gasteiger partial charge in [-0.3, -0.25) is 9.59 Å². The maximum atomic E-state index is 12.5. The first kappa shape index (κ1) is 19.2. The average Bonchev–Trinajstić information content (AvgIpc) is 3.00. The van der Waals surface area contributed by atoms with E-state index in [0.29, 0.717) is 22.7 Å². The number of rotatable bonds is 8. The number of esters is 1. The van der Waals surface area contributed by atoms with E-state index in [1.165, 1.54) is 43.4 Å². The number of carbonyl (C=O) groups excluding carboxylic acids is 2. The average molecular weight is 371 g/mol. The molecular weight excluding hydrogens is 344 g/mol. The lowest BCUT2D eigenvalue weighted by Gasteiger charge is -2.24. The number of hydrogen-bond acceptors (Lipinski definition) is 6. The van der Waals surface area contributed by atoms with Crippen molar-refractivity contribution in [3.8, 4) is 0 Å². The van der Waals surface area contributed by atoms with Crippen molar-refractivity contribution < 1.29 is 14.3 Å². The van der Waals surface area contributed by atoms with Gasteiger partial charge in [0.2, 0.25) is 5.91 Å². The molecule has 134 valence electrons. The van der Waals surface area contributed by atoms with Crippen LogP contribution in [0.25, 0.3) is 0 Å². The molecule has 0 saturated heterocycles. The summed E-state index contributed by atoms with van der Waals surface area (Å²) in [7, 11) is 0. The fraction of sp³-hybridized carbons (Fsp3) is 0.706. The zero-order valence-electron chi connectivity index (χ0n) is 14.4. The second-order valence-electron chi connectivity index (χ2n) is 5.91. The van der Waals surface area contributed by atoms with E-state index in [0.717, 1.165) is 6.42 Å². The number of nitrogens with zero attached hydrogens (tertiary/aromatic N) is 1. The highest BCUT2D eigenvalue weighted by atomic mass is 32.2. The van der Waals surface area contributed by atoms with Gasteiger partial charge < -0.3 is 10.1 Å². The van der Waals surface area contributed by atoms with Crippen LogP contribution in [0.5, 0.6) is 0 Å². The number of aromatic nitrogens is 1. The highest BCUT2D eigenvalue weighted by Crippen LogP contribution is 2.32. The molecule has 1 fully saturated rings. The van der Waals surface area contributed by atoms with Gasteiger partial charge >= 0.3 is 5.97 Å². The fourth-order valence-corrected chi connectivity index (χ4v) is 4.93. The number of thioether (sulfide) groups is 1. The Kier molecular flexibility index (Phi) is 8.05. The quantitative estimate of drug-likeness (QED) is 0.700. The number of nitrogens with one attached hydrogen (secondary N) is 1. The molecule has 1 heterocycles. The molecule has 1 aromatic heterocycles. The van der Waals surface area contributed by atoms with Crippen molar-refractivity contribution in [3.63, 3.8) is 0 Å². The first-order valence-corrected chi connectivity index (χ1v) is 10.5. The Hall–Kier alpha value is -1.08. The largest absolute Gasteiger partial charge is 0.466 e. The standard InChI is InChI=1S/C17H26N2O3S2/c1-3-14(24-13-8-6-5-7-9-13)16(21)19-17-18-12(11-23-17)10-15(20)22-4-2/h11,13-14H,3-10H2,1-2H3,(H,18,19,21). The molecule has 0 aromatic carbocycles. The smallest absolute Gasteiger partial charge is 0.311 e. The molecule has 7 heteroatoms. The highest BCUT2D eigenvalue weighted by Gasteiger charge is 2.24. The van der Waals surface area contributed by atoms with E-state index in [-0.39, 0.29) is 23.5 Å². The lowest BCUT2D eigenvalue weighted by Crippen LogP contribution is -2.27. The monoisotopic (exact) mass is 370 g/mol. The summed E-state index contributed by atoms with van der Waals surface area (Å²) in [5, 5.41) is 5.82. The van der Waals surface area contributed by atoms with Gasteiger partial charge in [-0.1, -0.05) is 26.2 Å². The van der Waals surface area contributed by atoms with E-state index < -0.39 is 0 Å². The summed E-state index contributed by atoms with van der Waals surface area (Å²) >= 11 is 3.16. The van der Waals surface area contributed by atoms with Gasteiger partial charge in [0.05, 0.1) is 24.0 Å². The van der Waals surface area contributed by atoms with E-state index >= 15 is 0 Å². The Balaban J connectivity index is 1.85. The second kappa shape index (κ2) is 10.0. The van der Waals surface area contributed by atoms with Gasteiger partial charge in [-0.15, -0.1) is 23.1 Å². The van der Waals surface area contributed by atoms with Crippen molar-refractivity contribution in [3.05, 3.63) is 11.1 Å². The maximum absolute atomic E-state index is 12.5. The van der Waals surface area contributed by atoms with Gasteiger partial charge in [-0.05, 0) is 26.2 Å². The molecule has 0 spiro atoms. The minimum atomic E-state index is -0.292. The summed E-state index contributed by atoms with van der Waals surface area (Å²) in [4.78, 5) is 28.3. The first-order chi connectivity index (χ1) is 11.6. The molecule has 1 saturated carbocycles. The van der Waals surface area contributed by atoms with E-state index in [1.807, 2.05) is 18.7 Å². The van der Waals surface area contributed by atoms with Crippen LogP contribution in [-0.2, 0) is 20.7 Å². The topological polar surface area (TPSA) is 68.3 Å². The Morgan fingerprint density at radius 1 is 1.38 bits per heavy atom. The second-order valence-corrected chi connectivity index (χ2v) is 8.27. The summed E-state index contributed by atoms with van der Waals surface area (Å²) in [5.41, 5.74) is 0.640. The van der Waals surface area contributed by atoms with Crippen LogP contribution < -0.4 is 5.32 Å². The molecule has 1 aliphatic rings. The number of anilines is 1. The van der Waals surface area contributed by atoms with E-state index in [2.05, 4.69) is 10.3 Å². The zero-order chi connectivity index (χ0) is 17.4. The Morgan fingerprint density at radius 3 is 2.79 bits per heavy atom. The fourth-order valence-electron chi connectivity index (χ4n) is 2.77. The lowest BCUT2D eigenvalue weighted by molar-refractivity contribution is -0.142. The number of thiazole rings is 1. The van der Waals surface area contributed by atoms with Gasteiger partial charge in [-0.2, -0.15) is 0 Å². The third-order valence-corrected chi connectivity index (χ3v) is 6.52. The molecule has 0 aliphatic heterocycles. The van der Waals surface area contributed by atoms with Crippen LogP contribution >= 0.6 is 23.1 Å². The van der Waals surface area contributed by atoms with Crippen LogP contribution in [0, 0.1) is 0 Å². The molecule has 5 nitrogen and oxygen atoms in total. The molecule has 24 heavy (non-hydrogen) atoms. The summed E-state index contributed by atoms with van der Waals surface area (Å²) in [5.74, 6) is -0.273. The summed E-state index contributed by atoms with van der Waals surface area (Å²) < 4.78 is 4.91. The van der Waals surface area contributed by atoms with Crippen molar-refractivity contribution in [2.24, 2.45) is 0 Å². The maximum Gasteiger partial charge on any atom is 0.311 e. The van der Waals surface area contributed by atoms with Crippen LogP contribution in [0.2, 0.25) is 0 Å². The van der Waals surface area contributed by atoms with Crippen LogP contribution in [0.4, 0.5) is 5.13 Å². The molecule has 1 N–H and O–H groups in total. The van der Waals surface area contributed by atoms with Crippen molar-refractivity contribution >= 4 is 40.1 Å². The van der Waals surface area contributed by atoms with Crippen molar-refractivity contribution in [2.75, 3.05) is 11.9 Å². The van der Waals surface area contributed by atoms with Crippen LogP contribution in [0.1, 0.15) is 58.1 Å². The van der Waals surface area contributed by atoms with Crippen LogP contribution in [0.15, 0.2) is 5.38 Å². The first-order valence-electron chi connectivity index (χ1n) is 8.68. The molecule has 1 aliphatic carbocycles. The Bertz CT molecular complexity index is 542. The van der Waals surface area contributed by atoms with Crippen molar-refractivity contribution in [1.29, 1.82) is 0 Å². The molecule has 0 bridgehead atoms. The molecule has 1 atom stereocenters. The van der Waals surface area contributed by atoms with Gasteiger partial charge in [0.15, 0.2) is 5.13 Å². The lowest BCUT2D eigenvalue weighted by atomic mass is 10.0. The molecule has 2 rings (SSSR count). The molecular formula is C17H26N2O3S2. The van der Waals surface area contributed by atoms with Gasteiger partial charge in [0.1, 0.15) is 0 Å². The third-order valence-electron chi connectivity index (χ3n) is 3.98. The number of amides is 1. The normalized spacial score (nSPS) is 16.6.